The van der Waals surface area contributed by atoms with Crippen molar-refractivity contribution >= 4 is 40.6 Å². The van der Waals surface area contributed by atoms with E-state index in [1.807, 2.05) is 0 Å². The van der Waals surface area contributed by atoms with Gasteiger partial charge in [-0.25, -0.2) is 19.0 Å². The summed E-state index contributed by atoms with van der Waals surface area (Å²) in [5.41, 5.74) is -0.406. The van der Waals surface area contributed by atoms with E-state index >= 15 is 0 Å². The number of anilines is 1. The van der Waals surface area contributed by atoms with Crippen LogP contribution in [0.5, 0.6) is 0 Å². The van der Waals surface area contributed by atoms with E-state index in [1.54, 1.807) is 12.1 Å². The molecule has 2 aromatic heterocycles. The number of fused-ring (bicyclic) bond motifs is 1. The number of rotatable bonds is 3. The van der Waals surface area contributed by atoms with Crippen LogP contribution >= 0.6 is 23.2 Å². The first-order valence-electron chi connectivity index (χ1n) is 6.77. The van der Waals surface area contributed by atoms with E-state index in [0.717, 1.165) is 0 Å². The smallest absolute Gasteiger partial charge is 0.326 e. The lowest BCUT2D eigenvalue weighted by molar-refractivity contribution is -0.115. The predicted molar refractivity (Wildman–Crippen MR) is 89.8 cm³/mol. The first kappa shape index (κ1) is 16.3. The molecule has 124 valence electrons. The second-order valence-corrected chi connectivity index (χ2v) is 5.85. The summed E-state index contributed by atoms with van der Waals surface area (Å²) in [6.45, 7) is 0. The van der Waals surface area contributed by atoms with E-state index < -0.39 is 11.4 Å². The molecule has 3 aromatic rings. The Hall–Kier alpha value is -2.58. The van der Waals surface area contributed by atoms with Gasteiger partial charge in [-0.05, 0) is 18.2 Å². The molecule has 3 rings (SSSR count). The first-order chi connectivity index (χ1) is 11.4. The number of hydrogen-bond acceptors (Lipinski definition) is 4. The molecule has 0 atom stereocenters. The normalized spacial score (nSPS) is 11.0. The lowest BCUT2D eigenvalue weighted by Crippen LogP contribution is -2.34. The average Bonchev–Trinajstić information content (AvgIpc) is 2.93. The van der Waals surface area contributed by atoms with Crippen molar-refractivity contribution in [1.29, 1.82) is 0 Å². The highest BCUT2D eigenvalue weighted by molar-refractivity contribution is 6.42. The van der Waals surface area contributed by atoms with E-state index in [2.05, 4.69) is 15.3 Å². The van der Waals surface area contributed by atoms with Gasteiger partial charge in [0.2, 0.25) is 11.7 Å². The quantitative estimate of drug-likeness (QED) is 0.726. The maximum atomic E-state index is 12.2. The molecule has 8 nitrogen and oxygen atoms in total. The zero-order chi connectivity index (χ0) is 17.4. The number of benzene rings is 1. The number of carbonyl (C=O) groups excluding carboxylic acids is 1. The third-order valence-electron chi connectivity index (χ3n) is 3.38. The van der Waals surface area contributed by atoms with Crippen molar-refractivity contribution in [1.82, 2.24) is 18.9 Å². The van der Waals surface area contributed by atoms with Gasteiger partial charge in [-0.15, -0.1) is 0 Å². The number of halogens is 2. The lowest BCUT2D eigenvalue weighted by atomic mass is 10.2. The van der Waals surface area contributed by atoms with Crippen molar-refractivity contribution < 1.29 is 4.79 Å². The third-order valence-corrected chi connectivity index (χ3v) is 4.12. The predicted octanol–water partition coefficient (Wildman–Crippen LogP) is 1.21. The molecule has 0 aliphatic rings. The number of nitrogens with zero attached hydrogens (tertiary/aromatic N) is 3. The Balaban J connectivity index is 1.88. The molecule has 0 bridgehead atoms. The fourth-order valence-electron chi connectivity index (χ4n) is 2.22. The lowest BCUT2D eigenvalue weighted by Gasteiger charge is -2.06. The highest BCUT2D eigenvalue weighted by atomic mass is 35.5. The summed E-state index contributed by atoms with van der Waals surface area (Å²) in [5.74, 6) is -0.218. The van der Waals surface area contributed by atoms with Gasteiger partial charge in [-0.1, -0.05) is 23.2 Å². The number of amides is 1. The Labute approximate surface area is 144 Å². The van der Waals surface area contributed by atoms with Gasteiger partial charge < -0.3 is 5.32 Å². The summed E-state index contributed by atoms with van der Waals surface area (Å²) in [4.78, 5) is 41.8. The van der Waals surface area contributed by atoms with E-state index in [9.17, 15) is 14.4 Å². The van der Waals surface area contributed by atoms with Crippen molar-refractivity contribution in [2.45, 2.75) is 6.42 Å². The summed E-state index contributed by atoms with van der Waals surface area (Å²) < 4.78 is 2.36. The van der Waals surface area contributed by atoms with Crippen molar-refractivity contribution in [2.24, 2.45) is 7.05 Å². The highest BCUT2D eigenvalue weighted by Crippen LogP contribution is 2.25. The third kappa shape index (κ3) is 2.93. The van der Waals surface area contributed by atoms with Crippen LogP contribution in [0.1, 0.15) is 5.69 Å². The van der Waals surface area contributed by atoms with Crippen molar-refractivity contribution in [2.75, 3.05) is 5.32 Å². The van der Waals surface area contributed by atoms with Crippen molar-refractivity contribution in [3.8, 4) is 0 Å². The molecule has 24 heavy (non-hydrogen) atoms. The van der Waals surface area contributed by atoms with Crippen LogP contribution < -0.4 is 16.7 Å². The number of aromatic amines is 1. The topological polar surface area (TPSA) is 101 Å². The number of aromatic nitrogens is 4. The summed E-state index contributed by atoms with van der Waals surface area (Å²) >= 11 is 11.7. The minimum Gasteiger partial charge on any atom is -0.326 e. The highest BCUT2D eigenvalue weighted by Gasteiger charge is 2.14. The van der Waals surface area contributed by atoms with Gasteiger partial charge in [0, 0.05) is 12.7 Å². The molecule has 0 radical (unpaired) electrons. The Bertz CT molecular complexity index is 1070. The van der Waals surface area contributed by atoms with Crippen LogP contribution in [0.4, 0.5) is 5.69 Å². The summed E-state index contributed by atoms with van der Waals surface area (Å²) in [6, 6.07) is 4.69. The van der Waals surface area contributed by atoms with Gasteiger partial charge in [-0.3, -0.25) is 14.3 Å². The number of imidazole rings is 1. The maximum Gasteiger partial charge on any atom is 0.336 e. The van der Waals surface area contributed by atoms with Crippen molar-refractivity contribution in [3.63, 3.8) is 0 Å². The zero-order valence-corrected chi connectivity index (χ0v) is 13.9. The van der Waals surface area contributed by atoms with E-state index in [4.69, 9.17) is 23.2 Å². The molecular formula is C14H11Cl2N5O3. The molecule has 2 heterocycles. The van der Waals surface area contributed by atoms with Crippen LogP contribution in [0.15, 0.2) is 34.0 Å². The molecular weight excluding hydrogens is 357 g/mol. The van der Waals surface area contributed by atoms with Gasteiger partial charge in [0.1, 0.15) is 0 Å². The molecule has 0 unspecified atom stereocenters. The molecule has 0 saturated carbocycles. The van der Waals surface area contributed by atoms with Crippen molar-refractivity contribution in [3.05, 3.63) is 61.1 Å². The molecule has 1 amide bonds. The van der Waals surface area contributed by atoms with E-state index in [0.29, 0.717) is 21.4 Å². The second kappa shape index (κ2) is 6.14. The fourth-order valence-corrected chi connectivity index (χ4v) is 2.52. The molecule has 2 N–H and O–H groups in total. The molecule has 0 aliphatic heterocycles. The van der Waals surface area contributed by atoms with Gasteiger partial charge in [0.05, 0.1) is 28.4 Å². The van der Waals surface area contributed by atoms with Gasteiger partial charge in [-0.2, -0.15) is 0 Å². The number of carbonyl (C=O) groups is 1. The van der Waals surface area contributed by atoms with Gasteiger partial charge >= 0.3 is 11.4 Å². The Morgan fingerprint density at radius 1 is 1.25 bits per heavy atom. The molecule has 1 aromatic carbocycles. The number of aryl methyl sites for hydroxylation is 1. The largest absolute Gasteiger partial charge is 0.336 e. The van der Waals surface area contributed by atoms with Gasteiger partial charge in [0.15, 0.2) is 0 Å². The summed E-state index contributed by atoms with van der Waals surface area (Å²) in [7, 11) is 1.47. The average molecular weight is 368 g/mol. The minimum atomic E-state index is -0.650. The SMILES string of the molecule is Cn1c(=O)[nH]c(=O)n2c(CC(=O)Nc3ccc(Cl)c(Cl)c3)cnc12. The summed E-state index contributed by atoms with van der Waals surface area (Å²) in [5, 5.41) is 3.35. The van der Waals surface area contributed by atoms with Crippen LogP contribution in [0.3, 0.4) is 0 Å². The van der Waals surface area contributed by atoms with Crippen LogP contribution in [-0.2, 0) is 18.3 Å². The molecule has 0 aliphatic carbocycles. The second-order valence-electron chi connectivity index (χ2n) is 5.03. The standard InChI is InChI=1S/C14H11Cl2N5O3/c1-20-12-17-6-8(21(12)14(24)19-13(20)23)5-11(22)18-7-2-3-9(15)10(16)4-7/h2-4,6H,5H2,1H3,(H,18,22)(H,19,23,24). The molecule has 0 spiro atoms. The molecule has 0 fully saturated rings. The number of H-pyrrole nitrogens is 1. The number of hydrogen-bond donors (Lipinski definition) is 2. The Morgan fingerprint density at radius 3 is 2.71 bits per heavy atom. The first-order valence-corrected chi connectivity index (χ1v) is 7.53. The van der Waals surface area contributed by atoms with Crippen LogP contribution in [0.2, 0.25) is 10.0 Å². The van der Waals surface area contributed by atoms with Gasteiger partial charge in [0.25, 0.3) is 0 Å². The maximum absolute atomic E-state index is 12.2. The number of nitrogens with one attached hydrogen (secondary N) is 2. The minimum absolute atomic E-state index is 0.108. The van der Waals surface area contributed by atoms with E-state index in [1.165, 1.54) is 28.3 Å². The Morgan fingerprint density at radius 2 is 2.00 bits per heavy atom. The summed E-state index contributed by atoms with van der Waals surface area (Å²) in [6.07, 6.45) is 1.27. The zero-order valence-electron chi connectivity index (χ0n) is 12.3. The van der Waals surface area contributed by atoms with Crippen LogP contribution in [-0.4, -0.2) is 24.8 Å². The monoisotopic (exact) mass is 367 g/mol. The molecule has 0 saturated heterocycles. The Kier molecular flexibility index (Phi) is 4.16. The van der Waals surface area contributed by atoms with Crippen LogP contribution in [0, 0.1) is 0 Å². The fraction of sp³-hybridized carbons (Fsp3) is 0.143. The molecule has 10 heteroatoms. The van der Waals surface area contributed by atoms with E-state index in [-0.39, 0.29) is 18.1 Å². The van der Waals surface area contributed by atoms with Crippen LogP contribution in [0.25, 0.3) is 5.78 Å².